The number of hydrogen-bond acceptors (Lipinski definition) is 3. The highest BCUT2D eigenvalue weighted by atomic mass is 19.1. The molecule has 114 valence electrons. The highest BCUT2D eigenvalue weighted by molar-refractivity contribution is 5.90. The van der Waals surface area contributed by atoms with E-state index in [1.807, 2.05) is 0 Å². The van der Waals surface area contributed by atoms with Crippen molar-refractivity contribution in [2.45, 2.75) is 19.9 Å². The van der Waals surface area contributed by atoms with Crippen LogP contribution in [-0.2, 0) is 9.53 Å². The van der Waals surface area contributed by atoms with Gasteiger partial charge in [-0.2, -0.15) is 0 Å². The molecule has 0 aliphatic carbocycles. The lowest BCUT2D eigenvalue weighted by Gasteiger charge is -2.25. The molecule has 1 aromatic carbocycles. The molecule has 0 saturated carbocycles. The van der Waals surface area contributed by atoms with Crippen LogP contribution in [0.3, 0.4) is 0 Å². The number of ether oxygens (including phenoxy) is 1. The average molecular weight is 296 g/mol. The molecular formula is C14H17FN2O4. The molecule has 0 bridgehead atoms. The third-order valence-corrected chi connectivity index (χ3v) is 3.62. The third kappa shape index (κ3) is 3.13. The standard InChI is InChI=1S/C14H17FN2O4/c1-8-3-4-10(9(15)5-8)16-13(20)17-11-6-21-7-14(11,2)12(18)19/h3-5,11H,6-7H2,1-2H3,(H,18,19)(H2,16,17,20). The lowest BCUT2D eigenvalue weighted by Crippen LogP contribution is -2.50. The summed E-state index contributed by atoms with van der Waals surface area (Å²) in [6, 6.07) is 3.07. The van der Waals surface area contributed by atoms with Crippen LogP contribution < -0.4 is 10.6 Å². The Kier molecular flexibility index (Phi) is 4.13. The molecule has 2 amide bonds. The van der Waals surface area contributed by atoms with Crippen LogP contribution in [0.15, 0.2) is 18.2 Å². The average Bonchev–Trinajstić information content (AvgIpc) is 2.76. The van der Waals surface area contributed by atoms with Crippen molar-refractivity contribution in [3.05, 3.63) is 29.6 Å². The topological polar surface area (TPSA) is 87.7 Å². The second kappa shape index (κ2) is 5.69. The van der Waals surface area contributed by atoms with Crippen LogP contribution in [0, 0.1) is 18.2 Å². The minimum absolute atomic E-state index is 0.0200. The summed E-state index contributed by atoms with van der Waals surface area (Å²) in [5.41, 5.74) is -0.418. The summed E-state index contributed by atoms with van der Waals surface area (Å²) in [7, 11) is 0. The van der Waals surface area contributed by atoms with E-state index >= 15 is 0 Å². The second-order valence-electron chi connectivity index (χ2n) is 5.37. The van der Waals surface area contributed by atoms with Gasteiger partial charge in [0.1, 0.15) is 11.2 Å². The zero-order chi connectivity index (χ0) is 15.6. The first kappa shape index (κ1) is 15.2. The van der Waals surface area contributed by atoms with Crippen molar-refractivity contribution in [3.63, 3.8) is 0 Å². The predicted octanol–water partition coefficient (Wildman–Crippen LogP) is 1.75. The zero-order valence-corrected chi connectivity index (χ0v) is 11.8. The number of rotatable bonds is 3. The fourth-order valence-corrected chi connectivity index (χ4v) is 2.12. The number of nitrogens with one attached hydrogen (secondary N) is 2. The van der Waals surface area contributed by atoms with Crippen LogP contribution >= 0.6 is 0 Å². The molecule has 0 radical (unpaired) electrons. The fraction of sp³-hybridized carbons (Fsp3) is 0.429. The Morgan fingerprint density at radius 1 is 1.48 bits per heavy atom. The molecule has 3 N–H and O–H groups in total. The molecule has 0 spiro atoms. The molecule has 1 heterocycles. The molecule has 1 fully saturated rings. The second-order valence-corrected chi connectivity index (χ2v) is 5.37. The van der Waals surface area contributed by atoms with Gasteiger partial charge in [-0.3, -0.25) is 4.79 Å². The first-order valence-electron chi connectivity index (χ1n) is 6.48. The Bertz CT molecular complexity index is 578. The van der Waals surface area contributed by atoms with Gasteiger partial charge in [-0.1, -0.05) is 6.07 Å². The van der Waals surface area contributed by atoms with E-state index in [0.29, 0.717) is 0 Å². The van der Waals surface area contributed by atoms with Crippen molar-refractivity contribution in [1.82, 2.24) is 5.32 Å². The zero-order valence-electron chi connectivity index (χ0n) is 11.8. The van der Waals surface area contributed by atoms with Crippen molar-refractivity contribution >= 4 is 17.7 Å². The quantitative estimate of drug-likeness (QED) is 0.793. The van der Waals surface area contributed by atoms with Gasteiger partial charge in [0.25, 0.3) is 0 Å². The maximum Gasteiger partial charge on any atom is 0.319 e. The number of carbonyl (C=O) groups is 2. The van der Waals surface area contributed by atoms with E-state index in [1.54, 1.807) is 13.0 Å². The SMILES string of the molecule is Cc1ccc(NC(=O)NC2COCC2(C)C(=O)O)c(F)c1. The number of anilines is 1. The summed E-state index contributed by atoms with van der Waals surface area (Å²) in [6.07, 6.45) is 0. The third-order valence-electron chi connectivity index (χ3n) is 3.62. The maximum atomic E-state index is 13.6. The van der Waals surface area contributed by atoms with Crippen LogP contribution in [-0.4, -0.2) is 36.4 Å². The van der Waals surface area contributed by atoms with Gasteiger partial charge in [-0.05, 0) is 31.5 Å². The minimum Gasteiger partial charge on any atom is -0.481 e. The summed E-state index contributed by atoms with van der Waals surface area (Å²) < 4.78 is 18.8. The highest BCUT2D eigenvalue weighted by Gasteiger charge is 2.47. The van der Waals surface area contributed by atoms with Crippen molar-refractivity contribution in [2.75, 3.05) is 18.5 Å². The number of hydrogen-bond donors (Lipinski definition) is 3. The van der Waals surface area contributed by atoms with Gasteiger partial charge in [0.05, 0.1) is 24.9 Å². The molecule has 2 atom stereocenters. The van der Waals surface area contributed by atoms with Gasteiger partial charge >= 0.3 is 12.0 Å². The Balaban J connectivity index is 2.03. The number of halogens is 1. The number of carboxylic acid groups (broad SMARTS) is 1. The summed E-state index contributed by atoms with van der Waals surface area (Å²) >= 11 is 0. The first-order chi connectivity index (χ1) is 9.83. The van der Waals surface area contributed by atoms with Crippen molar-refractivity contribution in [2.24, 2.45) is 5.41 Å². The van der Waals surface area contributed by atoms with Gasteiger partial charge < -0.3 is 20.5 Å². The van der Waals surface area contributed by atoms with Crippen molar-refractivity contribution in [1.29, 1.82) is 0 Å². The van der Waals surface area contributed by atoms with E-state index in [-0.39, 0.29) is 18.9 Å². The van der Waals surface area contributed by atoms with Gasteiger partial charge in [0.2, 0.25) is 0 Å². The van der Waals surface area contributed by atoms with Crippen molar-refractivity contribution < 1.29 is 23.8 Å². The van der Waals surface area contributed by atoms with Crippen LogP contribution in [0.25, 0.3) is 0 Å². The molecule has 2 unspecified atom stereocenters. The molecule has 2 rings (SSSR count). The van der Waals surface area contributed by atoms with Crippen molar-refractivity contribution in [3.8, 4) is 0 Å². The van der Waals surface area contributed by atoms with E-state index < -0.39 is 29.3 Å². The van der Waals surface area contributed by atoms with E-state index in [1.165, 1.54) is 19.1 Å². The molecule has 1 aliphatic rings. The summed E-state index contributed by atoms with van der Waals surface area (Å²) in [4.78, 5) is 23.1. The van der Waals surface area contributed by atoms with E-state index in [2.05, 4.69) is 10.6 Å². The number of carbonyl (C=O) groups excluding carboxylic acids is 1. The Hall–Kier alpha value is -2.15. The number of aryl methyl sites for hydroxylation is 1. The van der Waals surface area contributed by atoms with E-state index in [9.17, 15) is 19.1 Å². The Morgan fingerprint density at radius 2 is 2.19 bits per heavy atom. The number of carboxylic acids is 1. The molecule has 7 heteroatoms. The molecule has 1 aromatic rings. The number of urea groups is 1. The maximum absolute atomic E-state index is 13.6. The predicted molar refractivity (Wildman–Crippen MR) is 73.6 cm³/mol. The molecule has 1 aliphatic heterocycles. The molecular weight excluding hydrogens is 279 g/mol. The van der Waals surface area contributed by atoms with Crippen LogP contribution in [0.2, 0.25) is 0 Å². The van der Waals surface area contributed by atoms with Crippen LogP contribution in [0.4, 0.5) is 14.9 Å². The lowest BCUT2D eigenvalue weighted by atomic mass is 9.85. The molecule has 1 saturated heterocycles. The Labute approximate surface area is 121 Å². The van der Waals surface area contributed by atoms with E-state index in [4.69, 9.17) is 4.74 Å². The van der Waals surface area contributed by atoms with Gasteiger partial charge in [-0.15, -0.1) is 0 Å². The lowest BCUT2D eigenvalue weighted by molar-refractivity contribution is -0.148. The smallest absolute Gasteiger partial charge is 0.319 e. The van der Waals surface area contributed by atoms with Gasteiger partial charge in [-0.25, -0.2) is 9.18 Å². The Morgan fingerprint density at radius 3 is 2.81 bits per heavy atom. The largest absolute Gasteiger partial charge is 0.481 e. The summed E-state index contributed by atoms with van der Waals surface area (Å²) in [5, 5.41) is 14.1. The number of benzene rings is 1. The molecule has 6 nitrogen and oxygen atoms in total. The van der Waals surface area contributed by atoms with Crippen LogP contribution in [0.1, 0.15) is 12.5 Å². The highest BCUT2D eigenvalue weighted by Crippen LogP contribution is 2.28. The van der Waals surface area contributed by atoms with E-state index in [0.717, 1.165) is 5.56 Å². The van der Waals surface area contributed by atoms with Crippen LogP contribution in [0.5, 0.6) is 0 Å². The summed E-state index contributed by atoms with van der Waals surface area (Å²) in [5.74, 6) is -1.60. The number of amides is 2. The number of aliphatic carboxylic acids is 1. The summed E-state index contributed by atoms with van der Waals surface area (Å²) in [6.45, 7) is 3.36. The fourth-order valence-electron chi connectivity index (χ4n) is 2.12. The monoisotopic (exact) mass is 296 g/mol. The normalized spacial score (nSPS) is 24.6. The van der Waals surface area contributed by atoms with Gasteiger partial charge in [0, 0.05) is 0 Å². The minimum atomic E-state index is -1.19. The molecule has 0 aromatic heterocycles. The molecule has 21 heavy (non-hydrogen) atoms. The van der Waals surface area contributed by atoms with Gasteiger partial charge in [0.15, 0.2) is 0 Å². The first-order valence-corrected chi connectivity index (χ1v) is 6.48.